The van der Waals surface area contributed by atoms with E-state index in [1.165, 1.54) is 33.6 Å². The molecule has 0 saturated heterocycles. The number of thiazole rings is 1. The summed E-state index contributed by atoms with van der Waals surface area (Å²) in [6.07, 6.45) is 0.112. The topological polar surface area (TPSA) is 51.2 Å². The van der Waals surface area contributed by atoms with Crippen molar-refractivity contribution in [2.45, 2.75) is 12.3 Å². The van der Waals surface area contributed by atoms with E-state index in [9.17, 15) is 4.79 Å². The van der Waals surface area contributed by atoms with Crippen LogP contribution in [0.2, 0.25) is 4.47 Å². The minimum absolute atomic E-state index is 0.0584. The lowest BCUT2D eigenvalue weighted by atomic mass is 9.98. The first kappa shape index (κ1) is 20.6. The Morgan fingerprint density at radius 2 is 1.78 bits per heavy atom. The number of halogens is 1. The third kappa shape index (κ3) is 4.20. The van der Waals surface area contributed by atoms with Crippen LogP contribution in [0.25, 0.3) is 21.3 Å². The fourth-order valence-electron chi connectivity index (χ4n) is 4.02. The third-order valence-electron chi connectivity index (χ3n) is 5.46. The van der Waals surface area contributed by atoms with Crippen molar-refractivity contribution in [3.05, 3.63) is 87.9 Å². The second-order valence-electron chi connectivity index (χ2n) is 7.45. The number of aromatic nitrogens is 1. The Labute approximate surface area is 195 Å². The number of carbonyl (C=O) groups excluding carboxylic acids is 1. The van der Waals surface area contributed by atoms with Crippen LogP contribution in [0.3, 0.4) is 0 Å². The molecule has 4 aromatic rings. The SMILES string of the molecule is O=C(NCCC#Cc1ccc2nc(Cl)sc2c1)OCC1c2ccccc2-c2ccccc21. The summed E-state index contributed by atoms with van der Waals surface area (Å²) in [5.41, 5.74) is 6.61. The average molecular weight is 459 g/mol. The molecular weight excluding hydrogens is 440 g/mol. The summed E-state index contributed by atoms with van der Waals surface area (Å²) in [4.78, 5) is 16.4. The van der Waals surface area contributed by atoms with Crippen LogP contribution in [0, 0.1) is 11.8 Å². The normalized spacial score (nSPS) is 12.0. The molecule has 32 heavy (non-hydrogen) atoms. The lowest BCUT2D eigenvalue weighted by Crippen LogP contribution is -2.26. The number of carbonyl (C=O) groups is 1. The predicted octanol–water partition coefficient (Wildman–Crippen LogP) is 6.23. The Morgan fingerprint density at radius 3 is 2.53 bits per heavy atom. The highest BCUT2D eigenvalue weighted by molar-refractivity contribution is 7.22. The van der Waals surface area contributed by atoms with Gasteiger partial charge in [0.25, 0.3) is 0 Å². The Balaban J connectivity index is 1.13. The summed E-state index contributed by atoms with van der Waals surface area (Å²) >= 11 is 7.38. The smallest absolute Gasteiger partial charge is 0.407 e. The Morgan fingerprint density at radius 1 is 1.06 bits per heavy atom. The number of amides is 1. The molecule has 1 amide bonds. The van der Waals surface area contributed by atoms with Gasteiger partial charge in [-0.3, -0.25) is 0 Å². The first-order valence-electron chi connectivity index (χ1n) is 10.3. The summed E-state index contributed by atoms with van der Waals surface area (Å²) in [6, 6.07) is 22.4. The molecule has 1 N–H and O–H groups in total. The number of nitrogens with one attached hydrogen (secondary N) is 1. The predicted molar refractivity (Wildman–Crippen MR) is 129 cm³/mol. The highest BCUT2D eigenvalue weighted by atomic mass is 35.5. The van der Waals surface area contributed by atoms with Gasteiger partial charge in [-0.1, -0.05) is 72.0 Å². The summed E-state index contributed by atoms with van der Waals surface area (Å²) in [5, 5.41) is 2.78. The number of rotatable bonds is 4. The maximum absolute atomic E-state index is 12.2. The van der Waals surface area contributed by atoms with Gasteiger partial charge in [0.1, 0.15) is 6.61 Å². The van der Waals surface area contributed by atoms with Crippen LogP contribution in [0.15, 0.2) is 66.7 Å². The summed E-state index contributed by atoms with van der Waals surface area (Å²) in [5.74, 6) is 6.25. The van der Waals surface area contributed by atoms with Crippen molar-refractivity contribution in [1.29, 1.82) is 0 Å². The van der Waals surface area contributed by atoms with Gasteiger partial charge in [0.2, 0.25) is 0 Å². The lowest BCUT2D eigenvalue weighted by Gasteiger charge is -2.14. The average Bonchev–Trinajstić information content (AvgIpc) is 3.34. The molecule has 0 fully saturated rings. The van der Waals surface area contributed by atoms with Gasteiger partial charge in [0.15, 0.2) is 4.47 Å². The van der Waals surface area contributed by atoms with Gasteiger partial charge in [-0.25, -0.2) is 9.78 Å². The second kappa shape index (κ2) is 9.04. The van der Waals surface area contributed by atoms with E-state index in [-0.39, 0.29) is 5.92 Å². The van der Waals surface area contributed by atoms with Crippen molar-refractivity contribution < 1.29 is 9.53 Å². The minimum atomic E-state index is -0.422. The van der Waals surface area contributed by atoms with Gasteiger partial charge in [0.05, 0.1) is 10.2 Å². The third-order valence-corrected chi connectivity index (χ3v) is 6.58. The van der Waals surface area contributed by atoms with E-state index in [0.29, 0.717) is 24.0 Å². The molecular formula is C26H19ClN2O2S. The van der Waals surface area contributed by atoms with Gasteiger partial charge in [-0.05, 0) is 40.5 Å². The van der Waals surface area contributed by atoms with Crippen LogP contribution in [0.4, 0.5) is 4.79 Å². The zero-order valence-corrected chi connectivity index (χ0v) is 18.7. The molecule has 1 aliphatic carbocycles. The quantitative estimate of drug-likeness (QED) is 0.291. The van der Waals surface area contributed by atoms with E-state index in [1.54, 1.807) is 0 Å². The van der Waals surface area contributed by atoms with Gasteiger partial charge in [-0.15, -0.1) is 11.3 Å². The van der Waals surface area contributed by atoms with Crippen LogP contribution in [0.1, 0.15) is 29.0 Å². The minimum Gasteiger partial charge on any atom is -0.449 e. The van der Waals surface area contributed by atoms with E-state index in [4.69, 9.17) is 16.3 Å². The molecule has 1 heterocycles. The molecule has 0 unspecified atom stereocenters. The summed E-state index contributed by atoms with van der Waals surface area (Å²) in [6.45, 7) is 0.737. The summed E-state index contributed by atoms with van der Waals surface area (Å²) < 4.78 is 7.08. The van der Waals surface area contributed by atoms with Crippen molar-refractivity contribution in [3.63, 3.8) is 0 Å². The number of fused-ring (bicyclic) bond motifs is 4. The van der Waals surface area contributed by atoms with E-state index in [2.05, 4.69) is 46.4 Å². The van der Waals surface area contributed by atoms with E-state index in [1.807, 2.05) is 42.5 Å². The number of hydrogen-bond donors (Lipinski definition) is 1. The molecule has 0 bridgehead atoms. The van der Waals surface area contributed by atoms with Crippen molar-refractivity contribution in [2.75, 3.05) is 13.2 Å². The van der Waals surface area contributed by atoms with E-state index in [0.717, 1.165) is 15.8 Å². The second-order valence-corrected chi connectivity index (χ2v) is 9.07. The highest BCUT2D eigenvalue weighted by Gasteiger charge is 2.28. The van der Waals surface area contributed by atoms with Crippen LogP contribution in [-0.4, -0.2) is 24.2 Å². The van der Waals surface area contributed by atoms with Crippen molar-refractivity contribution in [1.82, 2.24) is 10.3 Å². The van der Waals surface area contributed by atoms with Crippen LogP contribution >= 0.6 is 22.9 Å². The number of ether oxygens (including phenoxy) is 1. The molecule has 158 valence electrons. The van der Waals surface area contributed by atoms with Crippen molar-refractivity contribution >= 4 is 39.2 Å². The maximum atomic E-state index is 12.2. The first-order valence-corrected chi connectivity index (χ1v) is 11.5. The monoisotopic (exact) mass is 458 g/mol. The molecule has 6 heteroatoms. The van der Waals surface area contributed by atoms with Crippen molar-refractivity contribution in [2.24, 2.45) is 0 Å². The van der Waals surface area contributed by atoms with Gasteiger partial charge in [-0.2, -0.15) is 0 Å². The first-order chi connectivity index (χ1) is 15.7. The molecule has 0 saturated carbocycles. The Bertz CT molecular complexity index is 1320. The Hall–Kier alpha value is -3.33. The molecule has 0 aliphatic heterocycles. The number of benzene rings is 3. The summed E-state index contributed by atoms with van der Waals surface area (Å²) in [7, 11) is 0. The number of nitrogens with zero attached hydrogens (tertiary/aromatic N) is 1. The molecule has 3 aromatic carbocycles. The Kier molecular flexibility index (Phi) is 5.81. The van der Waals surface area contributed by atoms with Gasteiger partial charge < -0.3 is 10.1 Å². The number of hydrogen-bond acceptors (Lipinski definition) is 4. The van der Waals surface area contributed by atoms with Gasteiger partial charge in [0, 0.05) is 24.4 Å². The fourth-order valence-corrected chi connectivity index (χ4v) is 5.09. The fraction of sp³-hybridized carbons (Fsp3) is 0.154. The number of alkyl carbamates (subject to hydrolysis) is 1. The molecule has 0 spiro atoms. The molecule has 0 atom stereocenters. The van der Waals surface area contributed by atoms with Crippen molar-refractivity contribution in [3.8, 4) is 23.0 Å². The zero-order chi connectivity index (χ0) is 21.9. The van der Waals surface area contributed by atoms with E-state index >= 15 is 0 Å². The molecule has 1 aromatic heterocycles. The van der Waals surface area contributed by atoms with Crippen LogP contribution in [-0.2, 0) is 4.74 Å². The molecule has 0 radical (unpaired) electrons. The molecule has 5 rings (SSSR count). The van der Waals surface area contributed by atoms with Crippen LogP contribution < -0.4 is 5.32 Å². The maximum Gasteiger partial charge on any atom is 0.407 e. The zero-order valence-electron chi connectivity index (χ0n) is 17.1. The molecule has 4 nitrogen and oxygen atoms in total. The van der Waals surface area contributed by atoms with Gasteiger partial charge >= 0.3 is 6.09 Å². The standard InChI is InChI=1S/C26H19ClN2O2S/c27-25-29-23-13-12-17(15-24(23)32-25)7-5-6-14-28-26(30)31-16-22-20-10-3-1-8-18(20)19-9-2-4-11-21(19)22/h1-4,8-13,15,22H,6,14,16H2,(H,28,30). The van der Waals surface area contributed by atoms with E-state index < -0.39 is 6.09 Å². The largest absolute Gasteiger partial charge is 0.449 e. The lowest BCUT2D eigenvalue weighted by molar-refractivity contribution is 0.143. The molecule has 1 aliphatic rings. The van der Waals surface area contributed by atoms with Crippen LogP contribution in [0.5, 0.6) is 0 Å². The highest BCUT2D eigenvalue weighted by Crippen LogP contribution is 2.44.